The number of hydrogen-bond donors (Lipinski definition) is 6. The highest BCUT2D eigenvalue weighted by molar-refractivity contribution is 7.89. The first-order valence-electron chi connectivity index (χ1n) is 13.9. The second-order valence-corrected chi connectivity index (χ2v) is 14.8. The molecule has 0 saturated carbocycles. The van der Waals surface area contributed by atoms with Crippen LogP contribution < -0.4 is 15.2 Å². The van der Waals surface area contributed by atoms with E-state index in [1.54, 1.807) is 0 Å². The number of azo groups is 2. The second-order valence-electron chi connectivity index (χ2n) is 10.1. The number of hydrogen-bond acceptors (Lipinski definition) is 16. The highest BCUT2D eigenvalue weighted by atomic mass is 32.2. The number of anilines is 1. The Bertz CT molecular complexity index is 2310. The number of sulfonamides is 1. The number of benzene rings is 4. The van der Waals surface area contributed by atoms with Gasteiger partial charge in [-0.1, -0.05) is 0 Å². The van der Waals surface area contributed by atoms with Gasteiger partial charge in [0.1, 0.15) is 33.5 Å². The van der Waals surface area contributed by atoms with Crippen LogP contribution in [0.15, 0.2) is 89.7 Å². The van der Waals surface area contributed by atoms with E-state index in [1.165, 1.54) is 50.6 Å². The van der Waals surface area contributed by atoms with Gasteiger partial charge in [0.2, 0.25) is 10.0 Å². The first-order chi connectivity index (χ1) is 23.5. The van der Waals surface area contributed by atoms with Gasteiger partial charge in [0.25, 0.3) is 20.2 Å². The van der Waals surface area contributed by atoms with Gasteiger partial charge >= 0.3 is 0 Å². The number of nitrogen functional groups attached to an aromatic ring is 1. The number of methoxy groups -OCH3 is 2. The van der Waals surface area contributed by atoms with Crippen molar-refractivity contribution in [1.82, 2.24) is 4.31 Å². The van der Waals surface area contributed by atoms with E-state index in [0.717, 1.165) is 22.5 Å². The first kappa shape index (κ1) is 38.0. The van der Waals surface area contributed by atoms with E-state index in [-0.39, 0.29) is 63.0 Å². The molecule has 0 spiro atoms. The molecule has 0 unspecified atom stereocenters. The lowest BCUT2D eigenvalue weighted by atomic mass is 10.1. The van der Waals surface area contributed by atoms with E-state index in [4.69, 9.17) is 15.2 Å². The average Bonchev–Trinajstić information content (AvgIpc) is 3.05. The minimum atomic E-state index is -5.11. The zero-order valence-corrected chi connectivity index (χ0v) is 28.5. The molecule has 0 aliphatic carbocycles. The molecule has 0 aliphatic rings. The zero-order chi connectivity index (χ0) is 37.0. The highest BCUT2D eigenvalue weighted by Crippen LogP contribution is 2.46. The zero-order valence-electron chi connectivity index (χ0n) is 26.1. The van der Waals surface area contributed by atoms with E-state index >= 15 is 0 Å². The van der Waals surface area contributed by atoms with Gasteiger partial charge in [-0.25, -0.2) is 8.42 Å². The standard InChI is InChI=1S/C28H30N6O13S3/c1-46-23-15-22(32-33-27-25(50(43,44)45)12-16-11-19(49(40,41)42)13-20(29)26(16)28(27)37)24(47-2)14-21(23)31-30-17-3-5-18(6-4-17)48(38,39)34(7-9-35)8-10-36/h3-6,11-15,35-37H,7-10,29H2,1-2H3,(H,40,41,42)(H,43,44,45)/b31-30+,33-32+. The Morgan fingerprint density at radius 1 is 0.720 bits per heavy atom. The largest absolute Gasteiger partial charge is 0.505 e. The molecular formula is C28H30N6O13S3. The van der Waals surface area contributed by atoms with Crippen molar-refractivity contribution in [2.45, 2.75) is 14.7 Å². The summed E-state index contributed by atoms with van der Waals surface area (Å²) in [6.07, 6.45) is 0. The normalized spacial score (nSPS) is 12.8. The van der Waals surface area contributed by atoms with Crippen molar-refractivity contribution in [3.63, 3.8) is 0 Å². The lowest BCUT2D eigenvalue weighted by Crippen LogP contribution is -2.35. The van der Waals surface area contributed by atoms with Crippen LogP contribution in [0.3, 0.4) is 0 Å². The van der Waals surface area contributed by atoms with Crippen molar-refractivity contribution in [2.75, 3.05) is 46.3 Å². The Hall–Kier alpha value is -4.81. The maximum Gasteiger partial charge on any atom is 0.296 e. The van der Waals surface area contributed by atoms with E-state index in [1.807, 2.05) is 0 Å². The van der Waals surface area contributed by atoms with Gasteiger partial charge in [0, 0.05) is 36.3 Å². The molecule has 4 aromatic carbocycles. The number of nitrogens with two attached hydrogens (primary N) is 1. The topological polar surface area (TPSA) is 301 Å². The number of aliphatic hydroxyl groups excluding tert-OH is 2. The Balaban J connectivity index is 1.73. The van der Waals surface area contributed by atoms with Crippen LogP contribution in [0.2, 0.25) is 0 Å². The predicted octanol–water partition coefficient (Wildman–Crippen LogP) is 3.44. The summed E-state index contributed by atoms with van der Waals surface area (Å²) in [5.74, 6) is -0.821. The summed E-state index contributed by atoms with van der Waals surface area (Å²) in [6, 6.07) is 10.3. The fraction of sp³-hybridized carbons (Fsp3) is 0.214. The molecule has 0 bridgehead atoms. The monoisotopic (exact) mass is 754 g/mol. The fourth-order valence-corrected chi connectivity index (χ4v) is 7.21. The summed E-state index contributed by atoms with van der Waals surface area (Å²) in [4.78, 5) is -1.77. The van der Waals surface area contributed by atoms with Gasteiger partial charge in [-0.15, -0.1) is 15.3 Å². The molecular weight excluding hydrogens is 725 g/mol. The molecule has 0 saturated heterocycles. The predicted molar refractivity (Wildman–Crippen MR) is 177 cm³/mol. The molecule has 0 aromatic heterocycles. The van der Waals surface area contributed by atoms with Crippen molar-refractivity contribution in [3.8, 4) is 17.2 Å². The summed E-state index contributed by atoms with van der Waals surface area (Å²) in [7, 11) is -11.3. The number of rotatable bonds is 14. The second kappa shape index (κ2) is 15.0. The molecule has 22 heteroatoms. The summed E-state index contributed by atoms with van der Waals surface area (Å²) in [5.41, 5.74) is 5.02. The summed E-state index contributed by atoms with van der Waals surface area (Å²) in [6.45, 7) is -1.29. The SMILES string of the molecule is COc1cc(/N=N/c2c(S(=O)(=O)O)cc3cc(S(=O)(=O)O)cc(N)c3c2O)c(OC)cc1/N=N/c1ccc(S(=O)(=O)N(CCO)CCO)cc1. The number of aliphatic hydroxyl groups is 2. The Morgan fingerprint density at radius 3 is 1.74 bits per heavy atom. The number of fused-ring (bicyclic) bond motifs is 1. The van der Waals surface area contributed by atoms with Crippen LogP contribution in [-0.4, -0.2) is 94.5 Å². The van der Waals surface area contributed by atoms with Crippen LogP contribution in [0.4, 0.5) is 28.4 Å². The van der Waals surface area contributed by atoms with Gasteiger partial charge < -0.3 is 30.5 Å². The molecule has 0 aliphatic heterocycles. The summed E-state index contributed by atoms with van der Waals surface area (Å²) < 4.78 is 104. The number of ether oxygens (including phenoxy) is 2. The number of phenols is 1. The lowest BCUT2D eigenvalue weighted by molar-refractivity contribution is 0.217. The molecule has 268 valence electrons. The van der Waals surface area contributed by atoms with Crippen LogP contribution in [0.25, 0.3) is 10.8 Å². The minimum absolute atomic E-state index is 0.00351. The van der Waals surface area contributed by atoms with Crippen LogP contribution in [0.1, 0.15) is 0 Å². The third-order valence-corrected chi connectivity index (χ3v) is 10.5. The van der Waals surface area contributed by atoms with Crippen molar-refractivity contribution in [1.29, 1.82) is 0 Å². The fourth-order valence-electron chi connectivity index (χ4n) is 4.58. The highest BCUT2D eigenvalue weighted by Gasteiger charge is 2.26. The summed E-state index contributed by atoms with van der Waals surface area (Å²) in [5, 5.41) is 44.8. The molecule has 19 nitrogen and oxygen atoms in total. The molecule has 0 fully saturated rings. The number of phenolic OH excluding ortho intramolecular Hbond substituents is 1. The molecule has 4 rings (SSSR count). The van der Waals surface area contributed by atoms with Gasteiger partial charge in [0.15, 0.2) is 5.75 Å². The molecule has 7 N–H and O–H groups in total. The van der Waals surface area contributed by atoms with Crippen LogP contribution in [-0.2, 0) is 30.3 Å². The summed E-state index contributed by atoms with van der Waals surface area (Å²) >= 11 is 0. The van der Waals surface area contributed by atoms with Crippen LogP contribution in [0, 0.1) is 0 Å². The van der Waals surface area contributed by atoms with E-state index in [0.29, 0.717) is 0 Å². The van der Waals surface area contributed by atoms with E-state index in [9.17, 15) is 49.7 Å². The Kier molecular flexibility index (Phi) is 11.4. The quantitative estimate of drug-likeness (QED) is 0.0611. The minimum Gasteiger partial charge on any atom is -0.505 e. The molecule has 0 atom stereocenters. The average molecular weight is 755 g/mol. The molecule has 0 heterocycles. The number of nitrogens with zero attached hydrogens (tertiary/aromatic N) is 5. The Labute approximate surface area is 285 Å². The van der Waals surface area contributed by atoms with Crippen molar-refractivity contribution in [2.24, 2.45) is 20.5 Å². The van der Waals surface area contributed by atoms with Crippen molar-refractivity contribution < 1.29 is 59.2 Å². The third-order valence-electron chi connectivity index (χ3n) is 6.91. The van der Waals surface area contributed by atoms with Crippen LogP contribution >= 0.6 is 0 Å². The maximum absolute atomic E-state index is 12.8. The smallest absolute Gasteiger partial charge is 0.296 e. The van der Waals surface area contributed by atoms with Crippen molar-refractivity contribution in [3.05, 3.63) is 54.6 Å². The van der Waals surface area contributed by atoms with Gasteiger partial charge in [-0.3, -0.25) is 9.11 Å². The van der Waals surface area contributed by atoms with Crippen molar-refractivity contribution >= 4 is 69.5 Å². The third kappa shape index (κ3) is 8.14. The van der Waals surface area contributed by atoms with Gasteiger partial charge in [-0.2, -0.15) is 26.3 Å². The first-order valence-corrected chi connectivity index (χ1v) is 18.2. The molecule has 0 amide bonds. The molecule has 0 radical (unpaired) electrons. The van der Waals surface area contributed by atoms with E-state index < -0.39 is 64.7 Å². The van der Waals surface area contributed by atoms with Gasteiger partial charge in [0.05, 0.1) is 42.9 Å². The molecule has 50 heavy (non-hydrogen) atoms. The van der Waals surface area contributed by atoms with Crippen LogP contribution in [0.5, 0.6) is 17.2 Å². The maximum atomic E-state index is 12.8. The Morgan fingerprint density at radius 2 is 1.26 bits per heavy atom. The van der Waals surface area contributed by atoms with E-state index in [2.05, 4.69) is 20.5 Å². The lowest BCUT2D eigenvalue weighted by Gasteiger charge is -2.20. The number of aromatic hydroxyl groups is 1. The van der Waals surface area contributed by atoms with Gasteiger partial charge in [-0.05, 0) is 47.9 Å². The molecule has 4 aromatic rings.